The fraction of sp³-hybridized carbons (Fsp3) is 0.765. The Morgan fingerprint density at radius 3 is 2.50 bits per heavy atom. The van der Waals surface area contributed by atoms with Crippen molar-refractivity contribution in [2.45, 2.75) is 45.6 Å². The molecule has 3 heterocycles. The van der Waals surface area contributed by atoms with Crippen molar-refractivity contribution in [2.75, 3.05) is 49.6 Å². The molecule has 0 N–H and O–H groups in total. The zero-order valence-electron chi connectivity index (χ0n) is 14.3. The molecule has 3 rings (SSSR count). The number of rotatable bonds is 3. The maximum atomic E-state index is 4.74. The number of piperidine rings is 1. The first-order valence-electron chi connectivity index (χ1n) is 8.73. The highest BCUT2D eigenvalue weighted by atomic mass is 15.3. The molecule has 2 aliphatic heterocycles. The first kappa shape index (κ1) is 15.5. The van der Waals surface area contributed by atoms with Gasteiger partial charge in [0, 0.05) is 44.8 Å². The molecule has 1 aromatic rings. The predicted molar refractivity (Wildman–Crippen MR) is 91.8 cm³/mol. The average Bonchev–Trinajstić information content (AvgIpc) is 2.55. The molecule has 5 heteroatoms. The van der Waals surface area contributed by atoms with Crippen molar-refractivity contribution in [1.29, 1.82) is 0 Å². The minimum atomic E-state index is 0.642. The van der Waals surface area contributed by atoms with Gasteiger partial charge in [-0.2, -0.15) is 0 Å². The van der Waals surface area contributed by atoms with Crippen LogP contribution in [0.5, 0.6) is 0 Å². The zero-order valence-corrected chi connectivity index (χ0v) is 14.3. The van der Waals surface area contributed by atoms with Crippen LogP contribution in [0, 0.1) is 6.92 Å². The van der Waals surface area contributed by atoms with Crippen LogP contribution in [0.4, 0.5) is 11.6 Å². The molecular weight excluding hydrogens is 274 g/mol. The highest BCUT2D eigenvalue weighted by Crippen LogP contribution is 2.27. The van der Waals surface area contributed by atoms with E-state index in [2.05, 4.69) is 34.7 Å². The van der Waals surface area contributed by atoms with Gasteiger partial charge in [0.25, 0.3) is 0 Å². The molecule has 2 aliphatic rings. The second-order valence-corrected chi connectivity index (χ2v) is 6.67. The van der Waals surface area contributed by atoms with E-state index >= 15 is 0 Å². The van der Waals surface area contributed by atoms with Crippen LogP contribution in [-0.2, 0) is 0 Å². The first-order valence-corrected chi connectivity index (χ1v) is 8.73. The summed E-state index contributed by atoms with van der Waals surface area (Å²) in [5.74, 6) is 3.14. The summed E-state index contributed by atoms with van der Waals surface area (Å²) in [6.07, 6.45) is 5.13. The van der Waals surface area contributed by atoms with Gasteiger partial charge in [0.2, 0.25) is 0 Å². The molecule has 1 atom stereocenters. The van der Waals surface area contributed by atoms with Gasteiger partial charge in [0.1, 0.15) is 17.5 Å². The molecule has 5 nitrogen and oxygen atoms in total. The summed E-state index contributed by atoms with van der Waals surface area (Å²) in [5, 5.41) is 0. The van der Waals surface area contributed by atoms with Crippen molar-refractivity contribution in [3.05, 3.63) is 11.9 Å². The summed E-state index contributed by atoms with van der Waals surface area (Å²) in [6, 6.07) is 2.86. The second kappa shape index (κ2) is 6.82. The molecule has 0 spiro atoms. The van der Waals surface area contributed by atoms with Gasteiger partial charge in [-0.15, -0.1) is 0 Å². The van der Waals surface area contributed by atoms with Crippen LogP contribution in [0.15, 0.2) is 6.07 Å². The molecule has 0 saturated carbocycles. The Hall–Kier alpha value is -1.36. The maximum absolute atomic E-state index is 4.74. The zero-order chi connectivity index (χ0) is 15.5. The Labute approximate surface area is 134 Å². The number of hydrogen-bond acceptors (Lipinski definition) is 5. The van der Waals surface area contributed by atoms with Crippen molar-refractivity contribution >= 4 is 11.6 Å². The number of piperazine rings is 1. The Kier molecular flexibility index (Phi) is 4.81. The molecule has 0 bridgehead atoms. The third-order valence-electron chi connectivity index (χ3n) is 5.03. The van der Waals surface area contributed by atoms with E-state index in [0.29, 0.717) is 6.04 Å². The normalized spacial score (nSPS) is 23.9. The van der Waals surface area contributed by atoms with Crippen LogP contribution >= 0.6 is 0 Å². The number of aromatic nitrogens is 2. The average molecular weight is 303 g/mol. The Morgan fingerprint density at radius 1 is 1.05 bits per heavy atom. The molecule has 1 unspecified atom stereocenters. The summed E-state index contributed by atoms with van der Waals surface area (Å²) < 4.78 is 0. The minimum absolute atomic E-state index is 0.642. The highest BCUT2D eigenvalue weighted by Gasteiger charge is 2.24. The SMILES string of the molecule is CCC1CCCCN1c1cc(N2CCN(C)CC2)nc(C)n1. The lowest BCUT2D eigenvalue weighted by atomic mass is 10.00. The lowest BCUT2D eigenvalue weighted by Crippen LogP contribution is -2.45. The van der Waals surface area contributed by atoms with E-state index < -0.39 is 0 Å². The molecule has 2 saturated heterocycles. The monoisotopic (exact) mass is 303 g/mol. The van der Waals surface area contributed by atoms with Gasteiger partial charge in [-0.1, -0.05) is 6.92 Å². The molecule has 0 amide bonds. The third kappa shape index (κ3) is 3.35. The van der Waals surface area contributed by atoms with Crippen LogP contribution in [-0.4, -0.2) is 60.7 Å². The lowest BCUT2D eigenvalue weighted by molar-refractivity contribution is 0.312. The number of anilines is 2. The number of hydrogen-bond donors (Lipinski definition) is 0. The molecule has 0 aromatic carbocycles. The fourth-order valence-electron chi connectivity index (χ4n) is 3.61. The summed E-state index contributed by atoms with van der Waals surface area (Å²) in [4.78, 5) is 16.7. The van der Waals surface area contributed by atoms with E-state index in [1.54, 1.807) is 0 Å². The fourth-order valence-corrected chi connectivity index (χ4v) is 3.61. The van der Waals surface area contributed by atoms with Crippen molar-refractivity contribution in [3.63, 3.8) is 0 Å². The van der Waals surface area contributed by atoms with E-state index in [-0.39, 0.29) is 0 Å². The van der Waals surface area contributed by atoms with Crippen LogP contribution in [0.25, 0.3) is 0 Å². The summed E-state index contributed by atoms with van der Waals surface area (Å²) in [6.45, 7) is 9.79. The smallest absolute Gasteiger partial charge is 0.134 e. The number of aryl methyl sites for hydroxylation is 1. The van der Waals surface area contributed by atoms with Gasteiger partial charge < -0.3 is 14.7 Å². The quantitative estimate of drug-likeness (QED) is 0.856. The third-order valence-corrected chi connectivity index (χ3v) is 5.03. The Bertz CT molecular complexity index is 496. The van der Waals surface area contributed by atoms with Crippen molar-refractivity contribution in [3.8, 4) is 0 Å². The van der Waals surface area contributed by atoms with Crippen LogP contribution in [0.2, 0.25) is 0 Å². The van der Waals surface area contributed by atoms with Crippen LogP contribution < -0.4 is 9.80 Å². The molecule has 2 fully saturated rings. The summed E-state index contributed by atoms with van der Waals surface area (Å²) in [5.41, 5.74) is 0. The molecule has 1 aromatic heterocycles. The van der Waals surface area contributed by atoms with Gasteiger partial charge in [0.15, 0.2) is 0 Å². The number of likely N-dealkylation sites (N-methyl/N-ethyl adjacent to an activating group) is 1. The molecular formula is C17H29N5. The van der Waals surface area contributed by atoms with Crippen molar-refractivity contribution in [2.24, 2.45) is 0 Å². The van der Waals surface area contributed by atoms with Crippen molar-refractivity contribution < 1.29 is 0 Å². The van der Waals surface area contributed by atoms with E-state index in [0.717, 1.165) is 50.2 Å². The van der Waals surface area contributed by atoms with E-state index in [1.807, 2.05) is 6.92 Å². The molecule has 22 heavy (non-hydrogen) atoms. The van der Waals surface area contributed by atoms with Crippen LogP contribution in [0.3, 0.4) is 0 Å². The van der Waals surface area contributed by atoms with E-state index in [9.17, 15) is 0 Å². The second-order valence-electron chi connectivity index (χ2n) is 6.67. The highest BCUT2D eigenvalue weighted by molar-refractivity contribution is 5.52. The largest absolute Gasteiger partial charge is 0.354 e. The maximum Gasteiger partial charge on any atom is 0.134 e. The molecule has 0 radical (unpaired) electrons. The molecule has 122 valence electrons. The minimum Gasteiger partial charge on any atom is -0.354 e. The number of nitrogens with zero attached hydrogens (tertiary/aromatic N) is 5. The lowest BCUT2D eigenvalue weighted by Gasteiger charge is -2.37. The topological polar surface area (TPSA) is 35.5 Å². The summed E-state index contributed by atoms with van der Waals surface area (Å²) >= 11 is 0. The van der Waals surface area contributed by atoms with Gasteiger partial charge >= 0.3 is 0 Å². The Balaban J connectivity index is 1.83. The van der Waals surface area contributed by atoms with Crippen molar-refractivity contribution in [1.82, 2.24) is 14.9 Å². The Morgan fingerprint density at radius 2 is 1.77 bits per heavy atom. The van der Waals surface area contributed by atoms with E-state index in [1.165, 1.54) is 25.7 Å². The van der Waals surface area contributed by atoms with Crippen LogP contribution in [0.1, 0.15) is 38.4 Å². The predicted octanol–water partition coefficient (Wildman–Crippen LogP) is 2.31. The standard InChI is InChI=1S/C17H29N5/c1-4-15-7-5-6-8-22(15)17-13-16(18-14(2)19-17)21-11-9-20(3)10-12-21/h13,15H,4-12H2,1-3H3. The van der Waals surface area contributed by atoms with Gasteiger partial charge in [-0.3, -0.25) is 0 Å². The van der Waals surface area contributed by atoms with E-state index in [4.69, 9.17) is 9.97 Å². The first-order chi connectivity index (χ1) is 10.7. The molecule has 0 aliphatic carbocycles. The summed E-state index contributed by atoms with van der Waals surface area (Å²) in [7, 11) is 2.19. The van der Waals surface area contributed by atoms with Gasteiger partial charge in [-0.05, 0) is 39.7 Å². The van der Waals surface area contributed by atoms with Gasteiger partial charge in [0.05, 0.1) is 0 Å². The van der Waals surface area contributed by atoms with Gasteiger partial charge in [-0.25, -0.2) is 9.97 Å².